The Kier molecular flexibility index (Phi) is 5.60. The van der Waals surface area contributed by atoms with Crippen molar-refractivity contribution in [1.29, 1.82) is 0 Å². The predicted octanol–water partition coefficient (Wildman–Crippen LogP) is 4.31. The molecule has 106 valence electrons. The first kappa shape index (κ1) is 16.2. The zero-order valence-electron chi connectivity index (χ0n) is 12.4. The minimum absolute atomic E-state index is 0.0139. The van der Waals surface area contributed by atoms with Crippen molar-refractivity contribution in [3.8, 4) is 0 Å². The van der Waals surface area contributed by atoms with Crippen LogP contribution in [-0.4, -0.2) is 10.7 Å². The molecule has 0 spiro atoms. The van der Waals surface area contributed by atoms with Crippen LogP contribution in [0.2, 0.25) is 0 Å². The first-order valence-corrected chi connectivity index (χ1v) is 7.64. The molecule has 0 saturated heterocycles. The van der Waals surface area contributed by atoms with Gasteiger partial charge in [-0.3, -0.25) is 4.79 Å². The number of alkyl halides is 1. The van der Waals surface area contributed by atoms with Crippen LogP contribution in [0.3, 0.4) is 0 Å². The summed E-state index contributed by atoms with van der Waals surface area (Å²) >= 11 is 3.46. The Bertz CT molecular complexity index is 409. The van der Waals surface area contributed by atoms with Gasteiger partial charge in [0.05, 0.1) is 10.9 Å². The number of carbonyl (C=O) groups is 1. The fourth-order valence-corrected chi connectivity index (χ4v) is 2.10. The van der Waals surface area contributed by atoms with E-state index in [9.17, 15) is 4.79 Å². The van der Waals surface area contributed by atoms with Gasteiger partial charge in [0, 0.05) is 0 Å². The van der Waals surface area contributed by atoms with Crippen LogP contribution in [0.15, 0.2) is 30.3 Å². The van der Waals surface area contributed by atoms with E-state index in [0.717, 1.165) is 5.56 Å². The summed E-state index contributed by atoms with van der Waals surface area (Å²) in [7, 11) is 0. The summed E-state index contributed by atoms with van der Waals surface area (Å²) in [5, 5.41) is 3.17. The second-order valence-electron chi connectivity index (χ2n) is 6.36. The van der Waals surface area contributed by atoms with Crippen molar-refractivity contribution in [2.45, 2.75) is 45.5 Å². The van der Waals surface area contributed by atoms with Crippen LogP contribution in [0.4, 0.5) is 0 Å². The van der Waals surface area contributed by atoms with Crippen LogP contribution in [0.1, 0.15) is 46.2 Å². The smallest absolute Gasteiger partial charge is 0.234 e. The van der Waals surface area contributed by atoms with Gasteiger partial charge in [-0.25, -0.2) is 0 Å². The van der Waals surface area contributed by atoms with E-state index >= 15 is 0 Å². The molecule has 1 rings (SSSR count). The minimum Gasteiger partial charge on any atom is -0.348 e. The molecule has 0 aliphatic heterocycles. The Morgan fingerprint density at radius 3 is 2.11 bits per heavy atom. The van der Waals surface area contributed by atoms with Crippen molar-refractivity contribution in [3.63, 3.8) is 0 Å². The molecule has 2 unspecified atom stereocenters. The van der Waals surface area contributed by atoms with Crippen LogP contribution in [0.25, 0.3) is 0 Å². The van der Waals surface area contributed by atoms with Gasteiger partial charge < -0.3 is 5.32 Å². The standard InChI is InChI=1S/C16H24BrNO/c1-11(2)13(17)15(19)18-14(16(3,4)5)12-9-7-6-8-10-12/h6-11,13-14H,1-5H3,(H,18,19). The van der Waals surface area contributed by atoms with Gasteiger partial charge in [0.25, 0.3) is 0 Å². The minimum atomic E-state index is -0.152. The SMILES string of the molecule is CC(C)C(Br)C(=O)NC(c1ccccc1)C(C)(C)C. The molecule has 0 radical (unpaired) electrons. The van der Waals surface area contributed by atoms with Gasteiger partial charge in [-0.2, -0.15) is 0 Å². The quantitative estimate of drug-likeness (QED) is 0.821. The molecule has 1 aromatic carbocycles. The van der Waals surface area contributed by atoms with E-state index in [4.69, 9.17) is 0 Å². The van der Waals surface area contributed by atoms with E-state index in [1.165, 1.54) is 0 Å². The Hall–Kier alpha value is -0.830. The molecule has 1 aromatic rings. The van der Waals surface area contributed by atoms with Crippen molar-refractivity contribution in [2.24, 2.45) is 11.3 Å². The van der Waals surface area contributed by atoms with E-state index in [-0.39, 0.29) is 28.1 Å². The molecule has 2 nitrogen and oxygen atoms in total. The Morgan fingerprint density at radius 1 is 1.16 bits per heavy atom. The molecule has 0 heterocycles. The largest absolute Gasteiger partial charge is 0.348 e. The van der Waals surface area contributed by atoms with Crippen molar-refractivity contribution < 1.29 is 4.79 Å². The van der Waals surface area contributed by atoms with Crippen molar-refractivity contribution >= 4 is 21.8 Å². The number of amides is 1. The fourth-order valence-electron chi connectivity index (χ4n) is 1.97. The fraction of sp³-hybridized carbons (Fsp3) is 0.562. The van der Waals surface area contributed by atoms with Crippen molar-refractivity contribution in [1.82, 2.24) is 5.32 Å². The molecule has 0 fully saturated rings. The van der Waals surface area contributed by atoms with E-state index in [1.54, 1.807) is 0 Å². The summed E-state index contributed by atoms with van der Waals surface area (Å²) in [5.74, 6) is 0.329. The van der Waals surface area contributed by atoms with Gasteiger partial charge in [0.2, 0.25) is 5.91 Å². The molecule has 19 heavy (non-hydrogen) atoms. The van der Waals surface area contributed by atoms with E-state index < -0.39 is 0 Å². The van der Waals surface area contributed by atoms with Crippen LogP contribution in [-0.2, 0) is 4.79 Å². The highest BCUT2D eigenvalue weighted by molar-refractivity contribution is 9.10. The summed E-state index contributed by atoms with van der Waals surface area (Å²) in [4.78, 5) is 12.1. The molecule has 0 aliphatic rings. The molecule has 1 N–H and O–H groups in total. The number of carbonyl (C=O) groups excluding carboxylic acids is 1. The third kappa shape index (κ3) is 4.64. The summed E-state index contributed by atoms with van der Waals surface area (Å²) in [6.07, 6.45) is 0. The monoisotopic (exact) mass is 325 g/mol. The lowest BCUT2D eigenvalue weighted by molar-refractivity contribution is -0.122. The predicted molar refractivity (Wildman–Crippen MR) is 84.3 cm³/mol. The molecule has 0 bridgehead atoms. The Morgan fingerprint density at radius 2 is 1.68 bits per heavy atom. The molecular formula is C16H24BrNO. The Labute approximate surface area is 125 Å². The number of benzene rings is 1. The zero-order chi connectivity index (χ0) is 14.6. The number of rotatable bonds is 4. The number of hydrogen-bond donors (Lipinski definition) is 1. The lowest BCUT2D eigenvalue weighted by Crippen LogP contribution is -2.41. The highest BCUT2D eigenvalue weighted by Crippen LogP contribution is 2.33. The zero-order valence-corrected chi connectivity index (χ0v) is 14.0. The number of nitrogens with one attached hydrogen (secondary N) is 1. The average Bonchev–Trinajstić information content (AvgIpc) is 2.34. The van der Waals surface area contributed by atoms with Gasteiger partial charge in [0.15, 0.2) is 0 Å². The molecule has 3 heteroatoms. The average molecular weight is 326 g/mol. The highest BCUT2D eigenvalue weighted by atomic mass is 79.9. The lowest BCUT2D eigenvalue weighted by Gasteiger charge is -2.33. The van der Waals surface area contributed by atoms with E-state index in [2.05, 4.69) is 54.2 Å². The Balaban J connectivity index is 2.93. The first-order valence-electron chi connectivity index (χ1n) is 6.73. The van der Waals surface area contributed by atoms with Gasteiger partial charge in [-0.1, -0.05) is 80.9 Å². The maximum absolute atomic E-state index is 12.3. The lowest BCUT2D eigenvalue weighted by atomic mass is 9.82. The van der Waals surface area contributed by atoms with Crippen LogP contribution >= 0.6 is 15.9 Å². The first-order chi connectivity index (χ1) is 8.73. The number of hydrogen-bond acceptors (Lipinski definition) is 1. The van der Waals surface area contributed by atoms with Gasteiger partial charge in [0.1, 0.15) is 0 Å². The summed E-state index contributed by atoms with van der Waals surface area (Å²) in [6.45, 7) is 10.5. The van der Waals surface area contributed by atoms with Crippen LogP contribution in [0, 0.1) is 11.3 Å². The van der Waals surface area contributed by atoms with Crippen molar-refractivity contribution in [3.05, 3.63) is 35.9 Å². The second kappa shape index (κ2) is 6.56. The highest BCUT2D eigenvalue weighted by Gasteiger charge is 2.30. The third-order valence-electron chi connectivity index (χ3n) is 3.12. The topological polar surface area (TPSA) is 29.1 Å². The second-order valence-corrected chi connectivity index (χ2v) is 7.35. The molecular weight excluding hydrogens is 302 g/mol. The molecule has 2 atom stereocenters. The summed E-state index contributed by atoms with van der Waals surface area (Å²) in [6, 6.07) is 10.2. The maximum atomic E-state index is 12.3. The molecule has 0 saturated carbocycles. The normalized spacial score (nSPS) is 15.1. The van der Waals surface area contributed by atoms with E-state index in [0.29, 0.717) is 0 Å². The van der Waals surface area contributed by atoms with E-state index in [1.807, 2.05) is 32.0 Å². The molecule has 1 amide bonds. The van der Waals surface area contributed by atoms with Crippen LogP contribution < -0.4 is 5.32 Å². The number of halogens is 1. The van der Waals surface area contributed by atoms with Gasteiger partial charge in [-0.05, 0) is 16.9 Å². The van der Waals surface area contributed by atoms with Crippen molar-refractivity contribution in [2.75, 3.05) is 0 Å². The summed E-state index contributed by atoms with van der Waals surface area (Å²) < 4.78 is 0. The summed E-state index contributed by atoms with van der Waals surface area (Å²) in [5.41, 5.74) is 1.12. The van der Waals surface area contributed by atoms with Crippen LogP contribution in [0.5, 0.6) is 0 Å². The molecule has 0 aliphatic carbocycles. The van der Waals surface area contributed by atoms with Gasteiger partial charge in [-0.15, -0.1) is 0 Å². The van der Waals surface area contributed by atoms with Gasteiger partial charge >= 0.3 is 0 Å². The molecule has 0 aromatic heterocycles. The third-order valence-corrected chi connectivity index (χ3v) is 4.59. The maximum Gasteiger partial charge on any atom is 0.234 e.